The summed E-state index contributed by atoms with van der Waals surface area (Å²) in [5, 5.41) is 0. The predicted octanol–water partition coefficient (Wildman–Crippen LogP) is 20.3. The molecule has 0 bridgehead atoms. The van der Waals surface area contributed by atoms with Crippen LogP contribution < -0.4 is 14.2 Å². The predicted molar refractivity (Wildman–Crippen MR) is 409 cm³/mol. The van der Waals surface area contributed by atoms with Crippen LogP contribution in [0.1, 0.15) is 201 Å². The highest BCUT2D eigenvalue weighted by Crippen LogP contribution is 2.52. The molecule has 3 aromatic carbocycles. The number of aryl methyl sites for hydroxylation is 6. The largest absolute Gasteiger partial charge is 0.484 e. The summed E-state index contributed by atoms with van der Waals surface area (Å²) >= 11 is 0.250. The van der Waals surface area contributed by atoms with Gasteiger partial charge in [0.05, 0.1) is 74.8 Å². The fraction of sp³-hybridized carbons (Fsp3) is 0.420. The quantitative estimate of drug-likeness (QED) is 0.0448. The molecule has 3 aliphatic heterocycles. The van der Waals surface area contributed by atoms with Gasteiger partial charge in [-0.25, -0.2) is 13.2 Å². The fourth-order valence-electron chi connectivity index (χ4n) is 15.8. The van der Waals surface area contributed by atoms with E-state index in [1.54, 1.807) is 36.8 Å². The molecule has 0 saturated heterocycles. The zero-order chi connectivity index (χ0) is 76.3. The van der Waals surface area contributed by atoms with E-state index < -0.39 is 0 Å². The summed E-state index contributed by atoms with van der Waals surface area (Å²) in [4.78, 5) is 62.9. The highest BCUT2D eigenvalue weighted by molar-refractivity contribution is 7.93. The standard InChI is InChI=1S/3C29H31FN2O3.CH3FS/c3*1-17-13-23(24(30)16-31-17)22-11-12-25(32-15-22)26-6-4-5-19-7-10-21(14-27(19)35-26)28(20-8-9-20)18(2)29(33)34-3;1-3-2/h3*7,10-16,18,20,26,28H,4-6,8-9H2,1-3H3;1H3/t3*18-,26?,28-;/m000./s1. The van der Waals surface area contributed by atoms with Gasteiger partial charge < -0.3 is 28.4 Å². The average molecular weight is 1490 g/mol. The van der Waals surface area contributed by atoms with E-state index in [0.717, 1.165) is 181 Å². The first-order chi connectivity index (χ1) is 52.2. The number of benzene rings is 3. The summed E-state index contributed by atoms with van der Waals surface area (Å²) in [5.41, 5.74) is 15.4. The van der Waals surface area contributed by atoms with E-state index in [1.165, 1.54) is 62.9 Å². The van der Waals surface area contributed by atoms with Crippen LogP contribution in [0.5, 0.6) is 17.2 Å². The Morgan fingerprint density at radius 3 is 0.898 bits per heavy atom. The second-order valence-electron chi connectivity index (χ2n) is 29.6. The number of halogens is 4. The number of aromatic nitrogens is 6. The van der Waals surface area contributed by atoms with Crippen molar-refractivity contribution >= 4 is 30.1 Å². The summed E-state index contributed by atoms with van der Waals surface area (Å²) in [6, 6.07) is 36.0. The summed E-state index contributed by atoms with van der Waals surface area (Å²) in [6.45, 7) is 11.4. The Labute approximate surface area is 635 Å². The van der Waals surface area contributed by atoms with Gasteiger partial charge in [0.15, 0.2) is 0 Å². The van der Waals surface area contributed by atoms with Crippen molar-refractivity contribution in [3.63, 3.8) is 0 Å². The molecule has 0 amide bonds. The number of carbonyl (C=O) groups excluding carboxylic acids is 3. The van der Waals surface area contributed by atoms with Crippen LogP contribution in [0.3, 0.4) is 0 Å². The third-order valence-corrected chi connectivity index (χ3v) is 22.0. The lowest BCUT2D eigenvalue weighted by molar-refractivity contribution is -0.146. The minimum absolute atomic E-state index is 0.133. The van der Waals surface area contributed by atoms with Gasteiger partial charge in [0.2, 0.25) is 0 Å². The Bertz CT molecular complexity index is 4160. The number of hydrogen-bond acceptors (Lipinski definition) is 16. The molecule has 566 valence electrons. The first-order valence-electron chi connectivity index (χ1n) is 37.8. The number of carbonyl (C=O) groups is 3. The first kappa shape index (κ1) is 78.0. The van der Waals surface area contributed by atoms with Crippen LogP contribution in [-0.4, -0.2) is 75.4 Å². The monoisotopic (exact) mass is 1490 g/mol. The molecule has 3 unspecified atom stereocenters. The van der Waals surface area contributed by atoms with Crippen LogP contribution in [0.15, 0.2) is 146 Å². The Morgan fingerprint density at radius 1 is 0.398 bits per heavy atom. The highest BCUT2D eigenvalue weighted by atomic mass is 32.2. The smallest absolute Gasteiger partial charge is 0.309 e. The lowest BCUT2D eigenvalue weighted by Crippen LogP contribution is -2.22. The van der Waals surface area contributed by atoms with Crippen molar-refractivity contribution in [2.45, 2.75) is 174 Å². The van der Waals surface area contributed by atoms with Crippen LogP contribution in [0.2, 0.25) is 0 Å². The molecule has 6 aliphatic rings. The molecule has 0 N–H and O–H groups in total. The summed E-state index contributed by atoms with van der Waals surface area (Å²) in [7, 11) is 4.36. The fourth-order valence-corrected chi connectivity index (χ4v) is 15.8. The Hall–Kier alpha value is -9.56. The molecule has 15 rings (SSSR count). The number of ether oxygens (including phenoxy) is 6. The van der Waals surface area contributed by atoms with Gasteiger partial charge in [-0.2, -0.15) is 3.89 Å². The number of hydrogen-bond donors (Lipinski definition) is 0. The van der Waals surface area contributed by atoms with Crippen molar-refractivity contribution in [1.82, 2.24) is 29.9 Å². The van der Waals surface area contributed by atoms with E-state index in [-0.39, 0.29) is 101 Å². The first-order valence-corrected chi connectivity index (χ1v) is 38.9. The van der Waals surface area contributed by atoms with Gasteiger partial charge in [-0.05, 0) is 241 Å². The number of nitrogens with zero attached hydrogens (tertiary/aromatic N) is 6. The molecule has 108 heavy (non-hydrogen) atoms. The maximum absolute atomic E-state index is 14.3. The maximum Gasteiger partial charge on any atom is 0.309 e. The number of rotatable bonds is 18. The molecule has 0 spiro atoms. The third-order valence-electron chi connectivity index (χ3n) is 22.0. The van der Waals surface area contributed by atoms with Crippen molar-refractivity contribution in [2.75, 3.05) is 27.6 Å². The zero-order valence-electron chi connectivity index (χ0n) is 63.2. The minimum Gasteiger partial charge on any atom is -0.484 e. The maximum atomic E-state index is 14.3. The van der Waals surface area contributed by atoms with Gasteiger partial charge in [-0.1, -0.05) is 75.4 Å². The van der Waals surface area contributed by atoms with E-state index in [2.05, 4.69) is 84.5 Å². The van der Waals surface area contributed by atoms with Gasteiger partial charge in [-0.15, -0.1) is 0 Å². The number of esters is 3. The molecule has 9 heterocycles. The molecular formula is C88H96F4N6O9S. The molecule has 3 aliphatic carbocycles. The van der Waals surface area contributed by atoms with E-state index in [4.69, 9.17) is 28.4 Å². The van der Waals surface area contributed by atoms with Crippen molar-refractivity contribution < 1.29 is 59.9 Å². The van der Waals surface area contributed by atoms with Crippen LogP contribution >= 0.6 is 12.1 Å². The summed E-state index contributed by atoms with van der Waals surface area (Å²) in [6.07, 6.45) is 24.9. The number of methoxy groups -OCH3 is 3. The topological polar surface area (TPSA) is 184 Å². The number of pyridine rings is 6. The Balaban J connectivity index is 0.000000148. The van der Waals surface area contributed by atoms with Crippen molar-refractivity contribution in [3.05, 3.63) is 231 Å². The third kappa shape index (κ3) is 18.9. The minimum atomic E-state index is -0.358. The van der Waals surface area contributed by atoms with Gasteiger partial charge in [0.1, 0.15) is 53.0 Å². The Kier molecular flexibility index (Phi) is 25.8. The molecule has 20 heteroatoms. The lowest BCUT2D eigenvalue weighted by Gasteiger charge is -2.24. The van der Waals surface area contributed by atoms with E-state index >= 15 is 0 Å². The van der Waals surface area contributed by atoms with E-state index in [0.29, 0.717) is 34.4 Å². The van der Waals surface area contributed by atoms with Crippen LogP contribution in [0.25, 0.3) is 33.4 Å². The van der Waals surface area contributed by atoms with Crippen LogP contribution in [-0.2, 0) is 47.9 Å². The number of fused-ring (bicyclic) bond motifs is 3. The van der Waals surface area contributed by atoms with Crippen LogP contribution in [0, 0.1) is 73.7 Å². The molecular weight excluding hydrogens is 1390 g/mol. The normalized spacial score (nSPS) is 18.8. The van der Waals surface area contributed by atoms with Gasteiger partial charge in [-0.3, -0.25) is 44.3 Å². The Morgan fingerprint density at radius 2 is 0.667 bits per heavy atom. The molecule has 15 nitrogen and oxygen atoms in total. The molecule has 3 fully saturated rings. The van der Waals surface area contributed by atoms with Crippen molar-refractivity contribution in [2.24, 2.45) is 35.5 Å². The SMILES string of the molecule is COC(=O)[C@@H](C)[C@H](c1ccc2c(c1)OC(c1ccc(-c3cc(C)ncc3F)cn1)CCC2)C1CC1.COC(=O)[C@@H](C)[C@H](c1ccc2c(c1)OC(c1ccc(-c3cc(C)ncc3F)cn1)CCC2)C1CC1.COC(=O)[C@@H](C)[C@H](c1ccc2c(c1)OC(c1ccc(-c3cc(C)ncc3F)cn1)CCC2)C1CC1.CSF. The molecule has 9 aromatic rings. The van der Waals surface area contributed by atoms with E-state index in [1.807, 2.05) is 77.9 Å². The molecule has 3 saturated carbocycles. The second-order valence-corrected chi connectivity index (χ2v) is 29.9. The zero-order valence-corrected chi connectivity index (χ0v) is 64.0. The summed E-state index contributed by atoms with van der Waals surface area (Å²) < 4.78 is 87.8. The average Bonchev–Trinajstić information content (AvgIpc) is 1.69. The van der Waals surface area contributed by atoms with Gasteiger partial charge in [0.25, 0.3) is 0 Å². The molecule has 0 radical (unpaired) electrons. The van der Waals surface area contributed by atoms with E-state index in [9.17, 15) is 31.4 Å². The molecule has 6 aromatic heterocycles. The van der Waals surface area contributed by atoms with Crippen LogP contribution in [0.4, 0.5) is 17.1 Å². The lowest BCUT2D eigenvalue weighted by atomic mass is 9.82. The van der Waals surface area contributed by atoms with Gasteiger partial charge >= 0.3 is 17.9 Å². The highest BCUT2D eigenvalue weighted by Gasteiger charge is 2.43. The summed E-state index contributed by atoms with van der Waals surface area (Å²) in [5.74, 6) is 2.38. The van der Waals surface area contributed by atoms with Crippen molar-refractivity contribution in [3.8, 4) is 50.6 Å². The second kappa shape index (κ2) is 35.6. The molecule has 9 atom stereocenters. The van der Waals surface area contributed by atoms with Crippen molar-refractivity contribution in [1.29, 1.82) is 0 Å². The van der Waals surface area contributed by atoms with Gasteiger partial charge in [0, 0.05) is 87.5 Å².